The molecule has 0 aromatic heterocycles. The predicted molar refractivity (Wildman–Crippen MR) is 92.0 cm³/mol. The highest BCUT2D eigenvalue weighted by Gasteiger charge is 2.37. The molecule has 6 nitrogen and oxygen atoms in total. The van der Waals surface area contributed by atoms with E-state index in [1.807, 2.05) is 0 Å². The summed E-state index contributed by atoms with van der Waals surface area (Å²) in [6.07, 6.45) is 1.50. The molecule has 0 saturated carbocycles. The van der Waals surface area contributed by atoms with E-state index in [9.17, 15) is 12.8 Å². The van der Waals surface area contributed by atoms with Crippen molar-refractivity contribution < 1.29 is 27.0 Å². The van der Waals surface area contributed by atoms with Crippen LogP contribution in [-0.2, 0) is 19.3 Å². The summed E-state index contributed by atoms with van der Waals surface area (Å²) in [6, 6.07) is 6.05. The molecule has 1 aromatic rings. The average Bonchev–Trinajstić information content (AvgIpc) is 2.63. The van der Waals surface area contributed by atoms with Crippen LogP contribution in [0.3, 0.4) is 0 Å². The molecule has 2 rings (SSSR count). The van der Waals surface area contributed by atoms with Gasteiger partial charge in [0.25, 0.3) is 0 Å². The van der Waals surface area contributed by atoms with Gasteiger partial charge in [0, 0.05) is 45.3 Å². The van der Waals surface area contributed by atoms with Gasteiger partial charge in [0.2, 0.25) is 0 Å². The number of rotatable bonds is 8. The Kier molecular flexibility index (Phi) is 6.95. The van der Waals surface area contributed by atoms with E-state index in [1.165, 1.54) is 19.2 Å². The zero-order chi connectivity index (χ0) is 18.3. The molecule has 1 aromatic carbocycles. The lowest BCUT2D eigenvalue weighted by molar-refractivity contribution is -0.0750. The predicted octanol–water partition coefficient (Wildman–Crippen LogP) is 1.85. The van der Waals surface area contributed by atoms with E-state index in [1.54, 1.807) is 12.1 Å². The smallest absolute Gasteiger partial charge is 0.181 e. The summed E-state index contributed by atoms with van der Waals surface area (Å²) >= 11 is 0. The third kappa shape index (κ3) is 5.24. The third-order valence-electron chi connectivity index (χ3n) is 4.31. The Morgan fingerprint density at radius 3 is 2.48 bits per heavy atom. The van der Waals surface area contributed by atoms with Crippen LogP contribution in [0.25, 0.3) is 0 Å². The summed E-state index contributed by atoms with van der Waals surface area (Å²) in [7, 11) is -1.98. The molecule has 1 heterocycles. The van der Waals surface area contributed by atoms with Crippen molar-refractivity contribution in [2.24, 2.45) is 5.73 Å². The second-order valence-corrected chi connectivity index (χ2v) is 7.98. The molecule has 0 amide bonds. The van der Waals surface area contributed by atoms with E-state index in [2.05, 4.69) is 0 Å². The lowest BCUT2D eigenvalue weighted by Gasteiger charge is -2.35. The first-order chi connectivity index (χ1) is 11.9. The molecular formula is C17H24FNO5S. The van der Waals surface area contributed by atoms with Gasteiger partial charge in [0.15, 0.2) is 9.84 Å². The van der Waals surface area contributed by atoms with E-state index in [0.29, 0.717) is 43.7 Å². The molecule has 0 atom stereocenters. The van der Waals surface area contributed by atoms with Crippen molar-refractivity contribution in [1.29, 1.82) is 0 Å². The molecular weight excluding hydrogens is 349 g/mol. The minimum atomic E-state index is -3.52. The molecule has 1 aliphatic rings. The van der Waals surface area contributed by atoms with Crippen molar-refractivity contribution >= 4 is 9.84 Å². The van der Waals surface area contributed by atoms with Crippen LogP contribution >= 0.6 is 0 Å². The van der Waals surface area contributed by atoms with Gasteiger partial charge in [-0.05, 0) is 24.3 Å². The largest absolute Gasteiger partial charge is 0.489 e. The Hall–Kier alpha value is -1.48. The molecule has 0 unspecified atom stereocenters. The van der Waals surface area contributed by atoms with Crippen molar-refractivity contribution in [3.05, 3.63) is 36.2 Å². The molecule has 8 heteroatoms. The van der Waals surface area contributed by atoms with Crippen molar-refractivity contribution in [3.63, 3.8) is 0 Å². The number of ether oxygens (including phenoxy) is 3. The molecule has 2 N–H and O–H groups in total. The number of sulfone groups is 1. The van der Waals surface area contributed by atoms with Crippen LogP contribution in [0.2, 0.25) is 0 Å². The van der Waals surface area contributed by atoms with Crippen molar-refractivity contribution in [2.45, 2.75) is 23.3 Å². The van der Waals surface area contributed by atoms with Gasteiger partial charge in [0.1, 0.15) is 12.4 Å². The molecule has 0 radical (unpaired) electrons. The molecule has 1 fully saturated rings. The highest BCUT2D eigenvalue weighted by molar-refractivity contribution is 7.91. The zero-order valence-corrected chi connectivity index (χ0v) is 15.1. The van der Waals surface area contributed by atoms with E-state index in [-0.39, 0.29) is 23.8 Å². The molecule has 1 saturated heterocycles. The number of halogens is 1. The summed E-state index contributed by atoms with van der Waals surface area (Å²) in [5.74, 6) is 0.349. The summed E-state index contributed by atoms with van der Waals surface area (Å²) in [4.78, 5) is 0.197. The first-order valence-electron chi connectivity index (χ1n) is 8.01. The fourth-order valence-corrected chi connectivity index (χ4v) is 4.45. The summed E-state index contributed by atoms with van der Waals surface area (Å²) in [5.41, 5.74) is 4.96. The van der Waals surface area contributed by atoms with Crippen molar-refractivity contribution in [3.8, 4) is 5.75 Å². The van der Waals surface area contributed by atoms with Crippen LogP contribution in [0.4, 0.5) is 4.39 Å². The Morgan fingerprint density at radius 1 is 1.32 bits per heavy atom. The van der Waals surface area contributed by atoms with Crippen molar-refractivity contribution in [2.75, 3.05) is 39.2 Å². The molecule has 140 valence electrons. The lowest BCUT2D eigenvalue weighted by Crippen LogP contribution is -2.44. The highest BCUT2D eigenvalue weighted by Crippen LogP contribution is 2.29. The number of hydrogen-bond acceptors (Lipinski definition) is 6. The zero-order valence-electron chi connectivity index (χ0n) is 14.2. The van der Waals surface area contributed by atoms with Gasteiger partial charge in [-0.3, -0.25) is 0 Å². The van der Waals surface area contributed by atoms with Crippen LogP contribution in [-0.4, -0.2) is 53.2 Å². The lowest BCUT2D eigenvalue weighted by atomic mass is 9.97. The Labute approximate surface area is 147 Å². The van der Waals surface area contributed by atoms with Crippen LogP contribution in [0.15, 0.2) is 41.1 Å². The van der Waals surface area contributed by atoms with Gasteiger partial charge in [-0.15, -0.1) is 0 Å². The Balaban J connectivity index is 2.06. The number of methoxy groups -OCH3 is 1. The maximum absolute atomic E-state index is 12.7. The van der Waals surface area contributed by atoms with Gasteiger partial charge >= 0.3 is 0 Å². The quantitative estimate of drug-likeness (QED) is 0.748. The number of hydrogen-bond donors (Lipinski definition) is 1. The molecule has 0 aliphatic carbocycles. The number of nitrogens with two attached hydrogens (primary N) is 1. The van der Waals surface area contributed by atoms with Gasteiger partial charge in [-0.25, -0.2) is 12.8 Å². The molecule has 0 spiro atoms. The van der Waals surface area contributed by atoms with Gasteiger partial charge in [-0.2, -0.15) is 0 Å². The summed E-state index contributed by atoms with van der Waals surface area (Å²) in [5, 5.41) is 0. The fourth-order valence-electron chi connectivity index (χ4n) is 2.63. The van der Waals surface area contributed by atoms with E-state index in [0.717, 1.165) is 0 Å². The highest BCUT2D eigenvalue weighted by atomic mass is 32.2. The third-order valence-corrected chi connectivity index (χ3v) is 6.21. The monoisotopic (exact) mass is 373 g/mol. The summed E-state index contributed by atoms with van der Waals surface area (Å²) < 4.78 is 54.0. The van der Waals surface area contributed by atoms with Crippen molar-refractivity contribution in [1.82, 2.24) is 0 Å². The number of benzene rings is 1. The second kappa shape index (κ2) is 8.75. The molecule has 0 bridgehead atoms. The van der Waals surface area contributed by atoms with E-state index < -0.39 is 15.4 Å². The fraction of sp³-hybridized carbons (Fsp3) is 0.529. The van der Waals surface area contributed by atoms with Gasteiger partial charge in [-0.1, -0.05) is 0 Å². The first kappa shape index (κ1) is 19.8. The Morgan fingerprint density at radius 2 is 1.96 bits per heavy atom. The second-order valence-electron chi connectivity index (χ2n) is 5.99. The molecule has 1 aliphatic heterocycles. The Bertz CT molecular complexity index is 681. The van der Waals surface area contributed by atoms with Crippen LogP contribution in [0.5, 0.6) is 5.75 Å². The first-order valence-corrected chi connectivity index (χ1v) is 9.67. The van der Waals surface area contributed by atoms with Crippen LogP contribution in [0, 0.1) is 0 Å². The van der Waals surface area contributed by atoms with Crippen LogP contribution in [0.1, 0.15) is 12.8 Å². The normalized spacial score (nSPS) is 18.1. The van der Waals surface area contributed by atoms with Gasteiger partial charge < -0.3 is 19.9 Å². The standard InChI is InChI=1S/C17H24FNO5S/c1-22-17(6-8-23-9-7-17)13-25(20,21)16-4-2-15(3-5-16)24-12-14(10-18)11-19/h2-5,10H,6-9,11-13,19H2,1H3/b14-10+. The topological polar surface area (TPSA) is 87.9 Å². The molecule has 25 heavy (non-hydrogen) atoms. The van der Waals surface area contributed by atoms with Crippen LogP contribution < -0.4 is 10.5 Å². The summed E-state index contributed by atoms with van der Waals surface area (Å²) in [6.45, 7) is 1.06. The van der Waals surface area contributed by atoms with E-state index in [4.69, 9.17) is 19.9 Å². The average molecular weight is 373 g/mol. The SMILES string of the molecule is COC1(CS(=O)(=O)c2ccc(OC/C(=C/F)CN)cc2)CCOCC1. The maximum Gasteiger partial charge on any atom is 0.181 e. The minimum absolute atomic E-state index is 0.0197. The minimum Gasteiger partial charge on any atom is -0.489 e. The maximum atomic E-state index is 12.7. The van der Waals surface area contributed by atoms with Gasteiger partial charge in [0.05, 0.1) is 22.6 Å². The van der Waals surface area contributed by atoms with E-state index >= 15 is 0 Å².